The molecule has 0 saturated heterocycles. The van der Waals surface area contributed by atoms with E-state index in [0.29, 0.717) is 0 Å². The predicted molar refractivity (Wildman–Crippen MR) is 49.1 cm³/mol. The van der Waals surface area contributed by atoms with Crippen molar-refractivity contribution in [3.8, 4) is 0 Å². The van der Waals surface area contributed by atoms with Gasteiger partial charge in [0.15, 0.2) is 0 Å². The largest absolute Gasteiger partial charge is 0.398 e. The smallest absolute Gasteiger partial charge is 0.139 e. The number of rotatable bonds is 1. The van der Waals surface area contributed by atoms with Crippen molar-refractivity contribution in [2.75, 3.05) is 5.73 Å². The Bertz CT molecular complexity index is 255. The van der Waals surface area contributed by atoms with Crippen LogP contribution in [-0.2, 0) is 0 Å². The lowest BCUT2D eigenvalue weighted by Gasteiger charge is -1.99. The summed E-state index contributed by atoms with van der Waals surface area (Å²) in [6.45, 7) is 3.64. The molecule has 2 N–H and O–H groups in total. The van der Waals surface area contributed by atoms with Crippen LogP contribution in [0.4, 0.5) is 5.69 Å². The number of hydrogen-bond acceptors (Lipinski definition) is 1. The van der Waals surface area contributed by atoms with Crippen molar-refractivity contribution >= 4 is 25.1 Å². The van der Waals surface area contributed by atoms with E-state index in [-0.39, 0.29) is 0 Å². The molecular weight excluding hydrogens is 121 g/mol. The van der Waals surface area contributed by atoms with E-state index in [1.54, 1.807) is 6.08 Å². The molecule has 0 heterocycles. The molecule has 0 radical (unpaired) electrons. The molecule has 0 unspecified atom stereocenters. The molecule has 0 bridgehead atoms. The average molecular weight is 131 g/mol. The number of hydrogen-bond donors (Lipinski definition) is 1. The Morgan fingerprint density at radius 1 is 1.50 bits per heavy atom. The lowest BCUT2D eigenvalue weighted by molar-refractivity contribution is 1.68. The first kappa shape index (κ1) is 6.94. The maximum atomic E-state index is 5.66. The lowest BCUT2D eigenvalue weighted by Crippen LogP contribution is -2.03. The fourth-order valence-electron chi connectivity index (χ4n) is 0.880. The van der Waals surface area contributed by atoms with E-state index in [1.165, 1.54) is 5.46 Å². The molecule has 0 amide bonds. The fraction of sp³-hybridized carbons (Fsp3) is 0. The summed E-state index contributed by atoms with van der Waals surface area (Å²) in [4.78, 5) is 0. The molecule has 1 rings (SSSR count). The Balaban J connectivity index is 3.19. The van der Waals surface area contributed by atoms with Crippen molar-refractivity contribution in [2.45, 2.75) is 0 Å². The summed E-state index contributed by atoms with van der Waals surface area (Å²) in [7, 11) is 2.02. The molecule has 0 aliphatic heterocycles. The number of nitrogens with two attached hydrogens (primary N) is 1. The molecule has 0 fully saturated rings. The lowest BCUT2D eigenvalue weighted by atomic mass is 9.94. The Labute approximate surface area is 62.0 Å². The van der Waals surface area contributed by atoms with Crippen LogP contribution in [0.25, 0.3) is 6.08 Å². The summed E-state index contributed by atoms with van der Waals surface area (Å²) in [5.74, 6) is 0. The summed E-state index contributed by atoms with van der Waals surface area (Å²) in [5.41, 5.74) is 8.65. The minimum atomic E-state index is 0.801. The van der Waals surface area contributed by atoms with Gasteiger partial charge in [0.05, 0.1) is 0 Å². The second-order valence-electron chi connectivity index (χ2n) is 2.34. The van der Waals surface area contributed by atoms with Crippen LogP contribution in [0.1, 0.15) is 5.56 Å². The summed E-state index contributed by atoms with van der Waals surface area (Å²) < 4.78 is 0. The summed E-state index contributed by atoms with van der Waals surface area (Å²) in [6.07, 6.45) is 1.76. The molecule has 10 heavy (non-hydrogen) atoms. The highest BCUT2D eigenvalue weighted by atomic mass is 14.5. The molecule has 50 valence electrons. The van der Waals surface area contributed by atoms with Gasteiger partial charge in [0.1, 0.15) is 7.85 Å². The normalized spacial score (nSPS) is 9.20. The van der Waals surface area contributed by atoms with Crippen molar-refractivity contribution < 1.29 is 0 Å². The maximum absolute atomic E-state index is 5.66. The average Bonchev–Trinajstić information content (AvgIpc) is 1.88. The van der Waals surface area contributed by atoms with Gasteiger partial charge in [0.25, 0.3) is 0 Å². The molecule has 0 aliphatic rings. The standard InChI is InChI=1S/C8H10BN/c1-2-6-3-4-7(9)5-8(6)10/h2-5H,1,9-10H2. The van der Waals surface area contributed by atoms with Gasteiger partial charge in [-0.25, -0.2) is 0 Å². The second-order valence-corrected chi connectivity index (χ2v) is 2.34. The summed E-state index contributed by atoms with van der Waals surface area (Å²) in [5, 5.41) is 0. The number of nitrogen functional groups attached to an aromatic ring is 1. The molecule has 1 nitrogen and oxygen atoms in total. The first-order valence-corrected chi connectivity index (χ1v) is 3.22. The van der Waals surface area contributed by atoms with Crippen molar-refractivity contribution in [1.29, 1.82) is 0 Å². The van der Waals surface area contributed by atoms with Crippen LogP contribution in [0.2, 0.25) is 0 Å². The molecule has 0 spiro atoms. The van der Waals surface area contributed by atoms with E-state index >= 15 is 0 Å². The highest BCUT2D eigenvalue weighted by molar-refractivity contribution is 6.32. The van der Waals surface area contributed by atoms with Gasteiger partial charge in [0, 0.05) is 5.69 Å². The molecule has 1 aromatic rings. The molecule has 2 heteroatoms. The van der Waals surface area contributed by atoms with Crippen LogP contribution in [0.3, 0.4) is 0 Å². The van der Waals surface area contributed by atoms with E-state index in [9.17, 15) is 0 Å². The van der Waals surface area contributed by atoms with Crippen LogP contribution in [0, 0.1) is 0 Å². The first-order chi connectivity index (χ1) is 4.74. The van der Waals surface area contributed by atoms with E-state index in [4.69, 9.17) is 5.73 Å². The molecule has 1 aromatic carbocycles. The highest BCUT2D eigenvalue weighted by Gasteiger charge is 1.91. The SMILES string of the molecule is Bc1ccc(C=C)c(N)c1. The zero-order valence-corrected chi connectivity index (χ0v) is 6.09. The van der Waals surface area contributed by atoms with Crippen molar-refractivity contribution in [3.05, 3.63) is 30.3 Å². The molecule has 0 aliphatic carbocycles. The van der Waals surface area contributed by atoms with Gasteiger partial charge in [-0.3, -0.25) is 0 Å². The van der Waals surface area contributed by atoms with Crippen LogP contribution in [-0.4, -0.2) is 7.85 Å². The monoisotopic (exact) mass is 131 g/mol. The third kappa shape index (κ3) is 1.21. The summed E-state index contributed by atoms with van der Waals surface area (Å²) >= 11 is 0. The van der Waals surface area contributed by atoms with E-state index in [2.05, 4.69) is 6.58 Å². The Morgan fingerprint density at radius 2 is 2.20 bits per heavy atom. The van der Waals surface area contributed by atoms with Crippen LogP contribution in [0.15, 0.2) is 24.8 Å². The molecule has 0 saturated carbocycles. The maximum Gasteiger partial charge on any atom is 0.139 e. The first-order valence-electron chi connectivity index (χ1n) is 3.22. The molecule has 0 atom stereocenters. The van der Waals surface area contributed by atoms with Gasteiger partial charge in [-0.15, -0.1) is 0 Å². The zero-order chi connectivity index (χ0) is 7.56. The Kier molecular flexibility index (Phi) is 1.81. The van der Waals surface area contributed by atoms with Crippen molar-refractivity contribution in [2.24, 2.45) is 0 Å². The van der Waals surface area contributed by atoms with Crippen LogP contribution < -0.4 is 11.2 Å². The van der Waals surface area contributed by atoms with Gasteiger partial charge < -0.3 is 5.73 Å². The summed E-state index contributed by atoms with van der Waals surface area (Å²) in [6, 6.07) is 5.93. The molecule has 0 aromatic heterocycles. The zero-order valence-electron chi connectivity index (χ0n) is 6.09. The minimum Gasteiger partial charge on any atom is -0.398 e. The van der Waals surface area contributed by atoms with E-state index < -0.39 is 0 Å². The predicted octanol–water partition coefficient (Wildman–Crippen LogP) is 0.170. The number of benzene rings is 1. The van der Waals surface area contributed by atoms with Gasteiger partial charge in [-0.1, -0.05) is 30.3 Å². The van der Waals surface area contributed by atoms with Gasteiger partial charge in [0.2, 0.25) is 0 Å². The van der Waals surface area contributed by atoms with Gasteiger partial charge in [-0.05, 0) is 11.6 Å². The Morgan fingerprint density at radius 3 is 2.70 bits per heavy atom. The van der Waals surface area contributed by atoms with Crippen molar-refractivity contribution in [3.63, 3.8) is 0 Å². The Hall–Kier alpha value is -1.18. The second kappa shape index (κ2) is 2.61. The minimum absolute atomic E-state index is 0.801. The van der Waals surface area contributed by atoms with E-state index in [0.717, 1.165) is 11.3 Å². The van der Waals surface area contributed by atoms with E-state index in [1.807, 2.05) is 26.0 Å². The third-order valence-corrected chi connectivity index (χ3v) is 1.46. The van der Waals surface area contributed by atoms with Gasteiger partial charge in [-0.2, -0.15) is 0 Å². The molecular formula is C8H10BN. The third-order valence-electron chi connectivity index (χ3n) is 1.46. The van der Waals surface area contributed by atoms with Crippen molar-refractivity contribution in [1.82, 2.24) is 0 Å². The highest BCUT2D eigenvalue weighted by Crippen LogP contribution is 2.08. The van der Waals surface area contributed by atoms with Gasteiger partial charge >= 0.3 is 0 Å². The number of anilines is 1. The fourth-order valence-corrected chi connectivity index (χ4v) is 0.880. The van der Waals surface area contributed by atoms with Crippen LogP contribution in [0.5, 0.6) is 0 Å². The quantitative estimate of drug-likeness (QED) is 0.426. The topological polar surface area (TPSA) is 26.0 Å². The van der Waals surface area contributed by atoms with Crippen LogP contribution >= 0.6 is 0 Å².